The molecule has 0 fully saturated rings. The van der Waals surface area contributed by atoms with Crippen molar-refractivity contribution >= 4 is 34.5 Å². The fourth-order valence-corrected chi connectivity index (χ4v) is 4.24. The first kappa shape index (κ1) is 20.3. The van der Waals surface area contributed by atoms with Crippen molar-refractivity contribution in [1.82, 2.24) is 19.5 Å². The molecule has 2 heterocycles. The topological polar surface area (TPSA) is 88.8 Å². The molecule has 154 valence electrons. The number of H-pyrrole nitrogens is 1. The van der Waals surface area contributed by atoms with Gasteiger partial charge in [0.2, 0.25) is 0 Å². The second-order valence-corrected chi connectivity index (χ2v) is 7.93. The van der Waals surface area contributed by atoms with Crippen LogP contribution in [0.15, 0.2) is 58.8 Å². The van der Waals surface area contributed by atoms with Crippen molar-refractivity contribution in [1.29, 1.82) is 5.41 Å². The van der Waals surface area contributed by atoms with Crippen molar-refractivity contribution in [2.45, 2.75) is 23.0 Å². The number of rotatable bonds is 7. The highest BCUT2D eigenvalue weighted by atomic mass is 35.5. The van der Waals surface area contributed by atoms with Crippen LogP contribution in [-0.2, 0) is 13.0 Å². The molecule has 4 aromatic rings. The van der Waals surface area contributed by atoms with Crippen LogP contribution in [0.1, 0.15) is 5.56 Å². The molecule has 0 aliphatic heterocycles. The molecule has 2 aromatic heterocycles. The molecule has 0 radical (unpaired) electrons. The first-order chi connectivity index (χ1) is 14.6. The van der Waals surface area contributed by atoms with Gasteiger partial charge in [0.15, 0.2) is 16.3 Å². The molecule has 0 spiro atoms. The Morgan fingerprint density at radius 1 is 1.17 bits per heavy atom. The Kier molecular flexibility index (Phi) is 5.96. The number of ether oxygens (including phenoxy) is 2. The molecule has 0 bridgehead atoms. The van der Waals surface area contributed by atoms with E-state index in [0.29, 0.717) is 22.9 Å². The quantitative estimate of drug-likeness (QED) is 0.446. The van der Waals surface area contributed by atoms with Crippen LogP contribution in [0.5, 0.6) is 11.5 Å². The summed E-state index contributed by atoms with van der Waals surface area (Å²) in [5.74, 6) is 1.45. The monoisotopic (exact) mass is 441 g/mol. The average Bonchev–Trinajstić information content (AvgIpc) is 3.19. The molecular weight excluding hydrogens is 422 g/mol. The summed E-state index contributed by atoms with van der Waals surface area (Å²) in [5, 5.41) is 9.54. The smallest absolute Gasteiger partial charge is 0.173 e. The van der Waals surface area contributed by atoms with E-state index in [-0.39, 0.29) is 5.49 Å². The van der Waals surface area contributed by atoms with E-state index in [0.717, 1.165) is 33.4 Å². The number of hydrogen-bond acceptors (Lipinski definition) is 6. The predicted octanol–water partition coefficient (Wildman–Crippen LogP) is 4.30. The van der Waals surface area contributed by atoms with Gasteiger partial charge >= 0.3 is 0 Å². The summed E-state index contributed by atoms with van der Waals surface area (Å²) in [5.41, 5.74) is 2.46. The van der Waals surface area contributed by atoms with Crippen molar-refractivity contribution < 1.29 is 9.47 Å². The summed E-state index contributed by atoms with van der Waals surface area (Å²) in [7, 11) is 3.25. The molecule has 2 N–H and O–H groups in total. The van der Waals surface area contributed by atoms with Gasteiger partial charge in [0, 0.05) is 11.6 Å². The predicted molar refractivity (Wildman–Crippen MR) is 117 cm³/mol. The van der Waals surface area contributed by atoms with Crippen molar-refractivity contribution in [2.75, 3.05) is 14.2 Å². The Labute approximate surface area is 182 Å². The van der Waals surface area contributed by atoms with Crippen LogP contribution in [0.3, 0.4) is 0 Å². The number of methoxy groups -OCH3 is 2. The van der Waals surface area contributed by atoms with Gasteiger partial charge in [0.1, 0.15) is 17.0 Å². The Morgan fingerprint density at radius 3 is 2.77 bits per heavy atom. The van der Waals surface area contributed by atoms with Crippen LogP contribution >= 0.6 is 23.4 Å². The first-order valence-corrected chi connectivity index (χ1v) is 10.4. The zero-order valence-corrected chi connectivity index (χ0v) is 18.0. The standard InChI is InChI=1S/C21H20ClN5O2S/c1-28-14-7-8-16(29-2)17(11-14)30-21-25-18-19(23)24-12-27(20(18)26-21)10-9-13-5-3-4-6-15(13)22/h3-8,11-12,23H,9-10H2,1-2H3,(H,25,26). The Balaban J connectivity index is 1.66. The molecule has 0 saturated carbocycles. The van der Waals surface area contributed by atoms with Gasteiger partial charge in [-0.25, -0.2) is 9.97 Å². The number of imidazole rings is 1. The summed E-state index contributed by atoms with van der Waals surface area (Å²) in [4.78, 5) is 13.0. The number of halogens is 1. The average molecular weight is 442 g/mol. The number of aromatic nitrogens is 4. The van der Waals surface area contributed by atoms with Gasteiger partial charge in [-0.05, 0) is 48.0 Å². The van der Waals surface area contributed by atoms with Crippen LogP contribution in [0.4, 0.5) is 0 Å². The van der Waals surface area contributed by atoms with Crippen LogP contribution in [0.2, 0.25) is 5.02 Å². The second kappa shape index (κ2) is 8.81. The van der Waals surface area contributed by atoms with E-state index in [9.17, 15) is 0 Å². The lowest BCUT2D eigenvalue weighted by Crippen LogP contribution is -2.13. The number of hydrogen-bond donors (Lipinski definition) is 2. The highest BCUT2D eigenvalue weighted by molar-refractivity contribution is 7.99. The minimum absolute atomic E-state index is 0.149. The molecular formula is C21H20ClN5O2S. The lowest BCUT2D eigenvalue weighted by molar-refractivity contribution is 0.394. The summed E-state index contributed by atoms with van der Waals surface area (Å²) in [6.45, 7) is 0.644. The van der Waals surface area contributed by atoms with Gasteiger partial charge in [-0.1, -0.05) is 29.8 Å². The number of nitrogens with one attached hydrogen (secondary N) is 2. The second-order valence-electron chi connectivity index (χ2n) is 6.49. The molecule has 9 heteroatoms. The largest absolute Gasteiger partial charge is 0.497 e. The zero-order valence-electron chi connectivity index (χ0n) is 16.5. The molecule has 0 saturated heterocycles. The molecule has 0 amide bonds. The normalized spacial score (nSPS) is 11.0. The minimum Gasteiger partial charge on any atom is -0.497 e. The number of benzene rings is 2. The van der Waals surface area contributed by atoms with E-state index in [4.69, 9.17) is 31.5 Å². The van der Waals surface area contributed by atoms with Gasteiger partial charge < -0.3 is 19.0 Å². The van der Waals surface area contributed by atoms with E-state index in [1.807, 2.05) is 47.0 Å². The maximum Gasteiger partial charge on any atom is 0.173 e. The Bertz CT molecular complexity index is 1250. The molecule has 0 atom stereocenters. The zero-order chi connectivity index (χ0) is 21.1. The first-order valence-electron chi connectivity index (χ1n) is 9.22. The van der Waals surface area contributed by atoms with Crippen molar-refractivity contribution in [3.63, 3.8) is 0 Å². The fraction of sp³-hybridized carbons (Fsp3) is 0.190. The maximum absolute atomic E-state index is 8.16. The lowest BCUT2D eigenvalue weighted by atomic mass is 10.1. The van der Waals surface area contributed by atoms with Crippen LogP contribution in [0.25, 0.3) is 11.2 Å². The minimum atomic E-state index is 0.149. The summed E-state index contributed by atoms with van der Waals surface area (Å²) in [6, 6.07) is 13.4. The Hall–Kier alpha value is -2.97. The van der Waals surface area contributed by atoms with E-state index in [2.05, 4.69) is 9.97 Å². The van der Waals surface area contributed by atoms with Gasteiger partial charge in [0.25, 0.3) is 0 Å². The molecule has 4 rings (SSSR count). The number of aromatic amines is 1. The lowest BCUT2D eigenvalue weighted by Gasteiger charge is -2.08. The van der Waals surface area contributed by atoms with E-state index < -0.39 is 0 Å². The van der Waals surface area contributed by atoms with Gasteiger partial charge in [-0.3, -0.25) is 5.41 Å². The molecule has 0 unspecified atom stereocenters. The molecule has 2 aromatic carbocycles. The van der Waals surface area contributed by atoms with Crippen LogP contribution < -0.4 is 15.0 Å². The maximum atomic E-state index is 8.16. The molecule has 0 aliphatic rings. The Morgan fingerprint density at radius 2 is 2.00 bits per heavy atom. The highest BCUT2D eigenvalue weighted by Crippen LogP contribution is 2.36. The molecule has 0 aliphatic carbocycles. The number of nitrogens with zero attached hydrogens (tertiary/aromatic N) is 3. The van der Waals surface area contributed by atoms with Crippen molar-refractivity contribution in [2.24, 2.45) is 0 Å². The fourth-order valence-electron chi connectivity index (χ4n) is 3.08. The van der Waals surface area contributed by atoms with Crippen molar-refractivity contribution in [3.8, 4) is 11.5 Å². The third-order valence-corrected chi connectivity index (χ3v) is 5.95. The van der Waals surface area contributed by atoms with E-state index >= 15 is 0 Å². The summed E-state index contributed by atoms with van der Waals surface area (Å²) < 4.78 is 12.7. The van der Waals surface area contributed by atoms with Gasteiger partial charge in [-0.2, -0.15) is 0 Å². The third kappa shape index (κ3) is 4.15. The highest BCUT2D eigenvalue weighted by Gasteiger charge is 2.14. The van der Waals surface area contributed by atoms with E-state index in [1.54, 1.807) is 20.5 Å². The van der Waals surface area contributed by atoms with E-state index in [1.165, 1.54) is 11.8 Å². The number of fused-ring (bicyclic) bond motifs is 1. The van der Waals surface area contributed by atoms with Gasteiger partial charge in [0.05, 0.1) is 25.4 Å². The molecule has 7 nitrogen and oxygen atoms in total. The summed E-state index contributed by atoms with van der Waals surface area (Å²) in [6.07, 6.45) is 2.38. The number of aryl methyl sites for hydroxylation is 2. The van der Waals surface area contributed by atoms with Crippen LogP contribution in [0, 0.1) is 5.41 Å². The summed E-state index contributed by atoms with van der Waals surface area (Å²) >= 11 is 7.69. The van der Waals surface area contributed by atoms with Crippen LogP contribution in [-0.4, -0.2) is 33.7 Å². The van der Waals surface area contributed by atoms with Crippen molar-refractivity contribution in [3.05, 3.63) is 64.9 Å². The third-order valence-electron chi connectivity index (χ3n) is 4.66. The SMILES string of the molecule is COc1ccc(OC)c(Sc2nc3c([nH]2)c(=N)ncn3CCc2ccccc2Cl)c1. The van der Waals surface area contributed by atoms with Gasteiger partial charge in [-0.15, -0.1) is 0 Å². The molecule has 30 heavy (non-hydrogen) atoms.